The summed E-state index contributed by atoms with van der Waals surface area (Å²) in [7, 11) is 0. The van der Waals surface area contributed by atoms with Crippen LogP contribution in [0.25, 0.3) is 17.2 Å². The van der Waals surface area contributed by atoms with Crippen molar-refractivity contribution >= 4 is 17.9 Å². The minimum atomic E-state index is -1.08. The third kappa shape index (κ3) is 6.22. The Hall–Kier alpha value is -3.57. The second-order valence-electron chi connectivity index (χ2n) is 6.82. The molecule has 0 aliphatic rings. The summed E-state index contributed by atoms with van der Waals surface area (Å²) in [6.45, 7) is 1.22. The standard InChI is InChI=1S/C25H26N2O3/c26-16-15-19-9-12-22(13-10-19)30-17-5-4-6-20-11-14-24(27-25(28)29)23(18-20)21-7-2-1-3-8-21/h1-4,6-14,18,27H,5,15-17,26H2,(H,28,29)/b6-4+. The van der Waals surface area contributed by atoms with Crippen molar-refractivity contribution in [1.82, 2.24) is 0 Å². The average molecular weight is 402 g/mol. The predicted octanol–water partition coefficient (Wildman–Crippen LogP) is 5.43. The molecular formula is C25H26N2O3. The summed E-state index contributed by atoms with van der Waals surface area (Å²) >= 11 is 0. The minimum Gasteiger partial charge on any atom is -0.493 e. The first-order valence-corrected chi connectivity index (χ1v) is 9.93. The van der Waals surface area contributed by atoms with E-state index in [4.69, 9.17) is 15.6 Å². The molecule has 0 saturated carbocycles. The number of nitrogens with one attached hydrogen (secondary N) is 1. The minimum absolute atomic E-state index is 0.562. The molecule has 0 aliphatic carbocycles. The molecule has 0 spiro atoms. The van der Waals surface area contributed by atoms with Crippen LogP contribution in [0, 0.1) is 0 Å². The summed E-state index contributed by atoms with van der Waals surface area (Å²) in [4.78, 5) is 11.1. The second-order valence-corrected chi connectivity index (χ2v) is 6.82. The first-order chi connectivity index (χ1) is 14.7. The Labute approximate surface area is 176 Å². The van der Waals surface area contributed by atoms with E-state index in [1.165, 1.54) is 5.56 Å². The zero-order valence-corrected chi connectivity index (χ0v) is 16.8. The maximum atomic E-state index is 11.1. The van der Waals surface area contributed by atoms with Gasteiger partial charge in [0.2, 0.25) is 0 Å². The van der Waals surface area contributed by atoms with Gasteiger partial charge in [-0.25, -0.2) is 4.79 Å². The number of benzene rings is 3. The lowest BCUT2D eigenvalue weighted by Gasteiger charge is -2.11. The molecule has 3 aromatic carbocycles. The number of hydrogen-bond donors (Lipinski definition) is 3. The molecule has 3 aromatic rings. The van der Waals surface area contributed by atoms with Crippen molar-refractivity contribution in [3.63, 3.8) is 0 Å². The average Bonchev–Trinajstić information content (AvgIpc) is 2.76. The van der Waals surface area contributed by atoms with Gasteiger partial charge in [-0.1, -0.05) is 60.7 Å². The van der Waals surface area contributed by atoms with E-state index in [9.17, 15) is 4.79 Å². The van der Waals surface area contributed by atoms with Crippen LogP contribution in [-0.4, -0.2) is 24.4 Å². The monoisotopic (exact) mass is 402 g/mol. The Morgan fingerprint density at radius 2 is 1.80 bits per heavy atom. The summed E-state index contributed by atoms with van der Waals surface area (Å²) < 4.78 is 5.78. The van der Waals surface area contributed by atoms with Gasteiger partial charge in [-0.2, -0.15) is 0 Å². The van der Waals surface area contributed by atoms with Crippen molar-refractivity contribution in [2.24, 2.45) is 5.73 Å². The molecule has 0 saturated heterocycles. The fourth-order valence-corrected chi connectivity index (χ4v) is 3.13. The van der Waals surface area contributed by atoms with Gasteiger partial charge < -0.3 is 15.6 Å². The molecule has 0 aliphatic heterocycles. The van der Waals surface area contributed by atoms with Crippen LogP contribution in [0.3, 0.4) is 0 Å². The SMILES string of the molecule is NCCc1ccc(OCC/C=C/c2ccc(NC(=O)O)c(-c3ccccc3)c2)cc1. The second kappa shape index (κ2) is 10.8. The van der Waals surface area contributed by atoms with Crippen LogP contribution in [0.5, 0.6) is 5.75 Å². The third-order valence-corrected chi connectivity index (χ3v) is 4.59. The van der Waals surface area contributed by atoms with Gasteiger partial charge >= 0.3 is 6.09 Å². The quantitative estimate of drug-likeness (QED) is 0.417. The Kier molecular flexibility index (Phi) is 7.64. The number of hydrogen-bond acceptors (Lipinski definition) is 3. The largest absolute Gasteiger partial charge is 0.493 e. The van der Waals surface area contributed by atoms with E-state index in [0.717, 1.165) is 35.3 Å². The lowest BCUT2D eigenvalue weighted by molar-refractivity contribution is 0.210. The van der Waals surface area contributed by atoms with E-state index < -0.39 is 6.09 Å². The highest BCUT2D eigenvalue weighted by Crippen LogP contribution is 2.29. The predicted molar refractivity (Wildman–Crippen MR) is 122 cm³/mol. The van der Waals surface area contributed by atoms with Crippen LogP contribution in [0.15, 0.2) is 78.9 Å². The topological polar surface area (TPSA) is 84.6 Å². The van der Waals surface area contributed by atoms with Gasteiger partial charge in [0.05, 0.1) is 12.3 Å². The zero-order chi connectivity index (χ0) is 21.2. The summed E-state index contributed by atoms with van der Waals surface area (Å²) in [5.41, 5.74) is 10.1. The lowest BCUT2D eigenvalue weighted by Crippen LogP contribution is -2.08. The number of carboxylic acid groups (broad SMARTS) is 1. The molecule has 0 heterocycles. The Morgan fingerprint density at radius 3 is 2.50 bits per heavy atom. The van der Waals surface area contributed by atoms with Gasteiger partial charge in [-0.15, -0.1) is 0 Å². The van der Waals surface area contributed by atoms with Crippen molar-refractivity contribution in [2.75, 3.05) is 18.5 Å². The Balaban J connectivity index is 1.61. The number of rotatable bonds is 9. The molecule has 0 unspecified atom stereocenters. The van der Waals surface area contributed by atoms with Crippen LogP contribution in [0.4, 0.5) is 10.5 Å². The van der Waals surface area contributed by atoms with Crippen molar-refractivity contribution in [3.05, 3.63) is 90.0 Å². The molecule has 30 heavy (non-hydrogen) atoms. The number of anilines is 1. The zero-order valence-electron chi connectivity index (χ0n) is 16.8. The highest BCUT2D eigenvalue weighted by molar-refractivity contribution is 5.91. The van der Waals surface area contributed by atoms with Gasteiger partial charge in [-0.05, 0) is 60.3 Å². The molecule has 0 radical (unpaired) electrons. The van der Waals surface area contributed by atoms with Gasteiger partial charge in [0.15, 0.2) is 0 Å². The van der Waals surface area contributed by atoms with E-state index in [1.807, 2.05) is 72.8 Å². The maximum absolute atomic E-state index is 11.1. The summed E-state index contributed by atoms with van der Waals surface area (Å²) in [6.07, 6.45) is 4.63. The lowest BCUT2D eigenvalue weighted by atomic mass is 10.0. The van der Waals surface area contributed by atoms with Crippen molar-refractivity contribution < 1.29 is 14.6 Å². The van der Waals surface area contributed by atoms with E-state index in [0.29, 0.717) is 18.8 Å². The van der Waals surface area contributed by atoms with Gasteiger partial charge in [-0.3, -0.25) is 5.32 Å². The molecule has 4 N–H and O–H groups in total. The molecular weight excluding hydrogens is 376 g/mol. The van der Waals surface area contributed by atoms with Crippen LogP contribution in [0.1, 0.15) is 17.5 Å². The van der Waals surface area contributed by atoms with E-state index in [2.05, 4.69) is 11.4 Å². The Morgan fingerprint density at radius 1 is 1.03 bits per heavy atom. The molecule has 5 heteroatoms. The number of amides is 1. The van der Waals surface area contributed by atoms with Crippen LogP contribution >= 0.6 is 0 Å². The first kappa shape index (κ1) is 21.1. The highest BCUT2D eigenvalue weighted by atomic mass is 16.5. The molecule has 154 valence electrons. The summed E-state index contributed by atoms with van der Waals surface area (Å²) in [5.74, 6) is 0.847. The third-order valence-electron chi connectivity index (χ3n) is 4.59. The maximum Gasteiger partial charge on any atom is 0.409 e. The Bertz CT molecular complexity index is 983. The fraction of sp³-hybridized carbons (Fsp3) is 0.160. The van der Waals surface area contributed by atoms with E-state index in [1.54, 1.807) is 6.07 Å². The molecule has 0 aromatic heterocycles. The van der Waals surface area contributed by atoms with Crippen LogP contribution in [-0.2, 0) is 6.42 Å². The summed E-state index contributed by atoms with van der Waals surface area (Å²) in [6, 6.07) is 23.4. The number of carbonyl (C=O) groups is 1. The molecule has 1 amide bonds. The van der Waals surface area contributed by atoms with Crippen molar-refractivity contribution in [3.8, 4) is 16.9 Å². The number of ether oxygens (including phenoxy) is 1. The first-order valence-electron chi connectivity index (χ1n) is 9.93. The van der Waals surface area contributed by atoms with Gasteiger partial charge in [0, 0.05) is 5.56 Å². The molecule has 5 nitrogen and oxygen atoms in total. The van der Waals surface area contributed by atoms with E-state index in [-0.39, 0.29) is 0 Å². The molecule has 0 bridgehead atoms. The molecule has 0 atom stereocenters. The van der Waals surface area contributed by atoms with Crippen molar-refractivity contribution in [1.29, 1.82) is 0 Å². The smallest absolute Gasteiger partial charge is 0.409 e. The summed E-state index contributed by atoms with van der Waals surface area (Å²) in [5, 5.41) is 11.6. The van der Waals surface area contributed by atoms with Crippen molar-refractivity contribution in [2.45, 2.75) is 12.8 Å². The molecule has 3 rings (SSSR count). The number of nitrogens with two attached hydrogens (primary N) is 1. The molecule has 0 fully saturated rings. The normalized spacial score (nSPS) is 10.8. The van der Waals surface area contributed by atoms with Gasteiger partial charge in [0.1, 0.15) is 5.75 Å². The van der Waals surface area contributed by atoms with E-state index >= 15 is 0 Å². The highest BCUT2D eigenvalue weighted by Gasteiger charge is 2.08. The van der Waals surface area contributed by atoms with Gasteiger partial charge in [0.25, 0.3) is 0 Å². The van der Waals surface area contributed by atoms with Crippen LogP contribution in [0.2, 0.25) is 0 Å². The fourth-order valence-electron chi connectivity index (χ4n) is 3.13. The van der Waals surface area contributed by atoms with Crippen LogP contribution < -0.4 is 15.8 Å².